The summed E-state index contributed by atoms with van der Waals surface area (Å²) in [5.74, 6) is 3.13. The van der Waals surface area contributed by atoms with E-state index in [0.29, 0.717) is 0 Å². The van der Waals surface area contributed by atoms with E-state index in [1.807, 2.05) is 17.8 Å². The van der Waals surface area contributed by atoms with E-state index in [1.54, 1.807) is 0 Å². The van der Waals surface area contributed by atoms with Gasteiger partial charge in [-0.1, -0.05) is 19.9 Å². The van der Waals surface area contributed by atoms with Crippen molar-refractivity contribution < 1.29 is 4.74 Å². The number of rotatable bonds is 9. The molecule has 0 atom stereocenters. The zero-order valence-electron chi connectivity index (χ0n) is 11.2. The molecule has 0 aliphatic carbocycles. The van der Waals surface area contributed by atoms with Crippen molar-refractivity contribution in [2.24, 2.45) is 0 Å². The third-order valence-electron chi connectivity index (χ3n) is 2.44. The zero-order chi connectivity index (χ0) is 13.2. The molecule has 1 N–H and O–H groups in total. The SMILES string of the molecule is CCCNCc1ccc(OCCSCC)c(Br)c1. The maximum absolute atomic E-state index is 5.73. The van der Waals surface area contributed by atoms with Crippen LogP contribution in [-0.4, -0.2) is 24.7 Å². The van der Waals surface area contributed by atoms with Crippen LogP contribution in [0.5, 0.6) is 5.75 Å². The minimum atomic E-state index is 0.768. The first-order chi connectivity index (χ1) is 8.77. The van der Waals surface area contributed by atoms with E-state index in [9.17, 15) is 0 Å². The van der Waals surface area contributed by atoms with Crippen molar-refractivity contribution in [3.8, 4) is 5.75 Å². The highest BCUT2D eigenvalue weighted by Crippen LogP contribution is 2.26. The second kappa shape index (κ2) is 9.70. The number of benzene rings is 1. The Kier molecular flexibility index (Phi) is 8.55. The Labute approximate surface area is 123 Å². The summed E-state index contributed by atoms with van der Waals surface area (Å²) in [5.41, 5.74) is 1.28. The summed E-state index contributed by atoms with van der Waals surface area (Å²) in [5, 5.41) is 3.39. The van der Waals surface area contributed by atoms with Crippen molar-refractivity contribution in [1.29, 1.82) is 0 Å². The van der Waals surface area contributed by atoms with Crippen LogP contribution in [-0.2, 0) is 6.54 Å². The van der Waals surface area contributed by atoms with Crippen molar-refractivity contribution in [1.82, 2.24) is 5.32 Å². The van der Waals surface area contributed by atoms with Gasteiger partial charge in [0.1, 0.15) is 5.75 Å². The van der Waals surface area contributed by atoms with Gasteiger partial charge in [0.15, 0.2) is 0 Å². The molecule has 1 aromatic carbocycles. The quantitative estimate of drug-likeness (QED) is 0.689. The lowest BCUT2D eigenvalue weighted by molar-refractivity contribution is 0.341. The maximum Gasteiger partial charge on any atom is 0.133 e. The number of thioether (sulfide) groups is 1. The second-order valence-electron chi connectivity index (χ2n) is 3.99. The van der Waals surface area contributed by atoms with Crippen LogP contribution in [0.25, 0.3) is 0 Å². The van der Waals surface area contributed by atoms with Crippen LogP contribution in [0.1, 0.15) is 25.8 Å². The Morgan fingerprint density at radius 1 is 1.33 bits per heavy atom. The van der Waals surface area contributed by atoms with Crippen molar-refractivity contribution in [2.45, 2.75) is 26.8 Å². The van der Waals surface area contributed by atoms with E-state index in [4.69, 9.17) is 4.74 Å². The van der Waals surface area contributed by atoms with Crippen LogP contribution in [0.15, 0.2) is 22.7 Å². The van der Waals surface area contributed by atoms with E-state index >= 15 is 0 Å². The van der Waals surface area contributed by atoms with Crippen LogP contribution in [0, 0.1) is 0 Å². The summed E-state index contributed by atoms with van der Waals surface area (Å²) in [4.78, 5) is 0. The smallest absolute Gasteiger partial charge is 0.133 e. The van der Waals surface area contributed by atoms with Crippen molar-refractivity contribution in [3.63, 3.8) is 0 Å². The normalized spacial score (nSPS) is 10.6. The molecular weight excluding hydrogens is 310 g/mol. The van der Waals surface area contributed by atoms with Gasteiger partial charge in [0.25, 0.3) is 0 Å². The molecule has 0 aliphatic heterocycles. The minimum Gasteiger partial charge on any atom is -0.492 e. The highest BCUT2D eigenvalue weighted by Gasteiger charge is 2.02. The number of ether oxygens (including phenoxy) is 1. The van der Waals surface area contributed by atoms with E-state index in [1.165, 1.54) is 5.56 Å². The maximum atomic E-state index is 5.73. The molecule has 0 saturated heterocycles. The summed E-state index contributed by atoms with van der Waals surface area (Å²) in [6, 6.07) is 6.30. The van der Waals surface area contributed by atoms with Gasteiger partial charge in [0.05, 0.1) is 11.1 Å². The number of hydrogen-bond donors (Lipinski definition) is 1. The molecule has 0 aromatic heterocycles. The van der Waals surface area contributed by atoms with Gasteiger partial charge < -0.3 is 10.1 Å². The molecule has 102 valence electrons. The average molecular weight is 332 g/mol. The summed E-state index contributed by atoms with van der Waals surface area (Å²) in [6.07, 6.45) is 1.16. The molecule has 0 heterocycles. The molecule has 4 heteroatoms. The van der Waals surface area contributed by atoms with E-state index in [0.717, 1.165) is 47.8 Å². The molecule has 0 fully saturated rings. The fourth-order valence-electron chi connectivity index (χ4n) is 1.54. The molecule has 18 heavy (non-hydrogen) atoms. The van der Waals surface area contributed by atoms with Gasteiger partial charge in [-0.2, -0.15) is 11.8 Å². The van der Waals surface area contributed by atoms with Crippen molar-refractivity contribution >= 4 is 27.7 Å². The van der Waals surface area contributed by atoms with Gasteiger partial charge in [-0.05, 0) is 52.3 Å². The van der Waals surface area contributed by atoms with Crippen LogP contribution < -0.4 is 10.1 Å². The second-order valence-corrected chi connectivity index (χ2v) is 6.24. The lowest BCUT2D eigenvalue weighted by Gasteiger charge is -2.10. The van der Waals surface area contributed by atoms with Crippen LogP contribution >= 0.6 is 27.7 Å². The Morgan fingerprint density at radius 3 is 2.83 bits per heavy atom. The number of nitrogens with one attached hydrogen (secondary N) is 1. The molecule has 0 saturated carbocycles. The molecule has 1 rings (SSSR count). The Balaban J connectivity index is 2.41. The Hall–Kier alpha value is -0.190. The molecular formula is C14H22BrNOS. The zero-order valence-corrected chi connectivity index (χ0v) is 13.6. The predicted molar refractivity (Wildman–Crippen MR) is 84.6 cm³/mol. The van der Waals surface area contributed by atoms with E-state index in [2.05, 4.69) is 47.2 Å². The van der Waals surface area contributed by atoms with Gasteiger partial charge in [0, 0.05) is 12.3 Å². The van der Waals surface area contributed by atoms with Crippen molar-refractivity contribution in [3.05, 3.63) is 28.2 Å². The molecule has 0 amide bonds. The summed E-state index contributed by atoms with van der Waals surface area (Å²) >= 11 is 5.47. The first-order valence-corrected chi connectivity index (χ1v) is 8.42. The van der Waals surface area contributed by atoms with E-state index < -0.39 is 0 Å². The molecule has 0 spiro atoms. The molecule has 2 nitrogen and oxygen atoms in total. The average Bonchev–Trinajstić information content (AvgIpc) is 2.37. The fraction of sp³-hybridized carbons (Fsp3) is 0.571. The van der Waals surface area contributed by atoms with E-state index in [-0.39, 0.29) is 0 Å². The predicted octanol–water partition coefficient (Wildman–Crippen LogP) is 4.08. The molecule has 0 aliphatic rings. The Morgan fingerprint density at radius 2 is 2.17 bits per heavy atom. The third-order valence-corrected chi connectivity index (χ3v) is 3.92. The van der Waals surface area contributed by atoms with Gasteiger partial charge in [-0.15, -0.1) is 0 Å². The van der Waals surface area contributed by atoms with Gasteiger partial charge >= 0.3 is 0 Å². The van der Waals surface area contributed by atoms with Crippen molar-refractivity contribution in [2.75, 3.05) is 24.7 Å². The summed E-state index contributed by atoms with van der Waals surface area (Å²) in [7, 11) is 0. The molecule has 0 bridgehead atoms. The van der Waals surface area contributed by atoms with Gasteiger partial charge in [-0.3, -0.25) is 0 Å². The lowest BCUT2D eigenvalue weighted by atomic mass is 10.2. The Bertz CT molecular complexity index is 347. The number of hydrogen-bond acceptors (Lipinski definition) is 3. The minimum absolute atomic E-state index is 0.768. The van der Waals surface area contributed by atoms with Crippen LogP contribution in [0.4, 0.5) is 0 Å². The van der Waals surface area contributed by atoms with Crippen LogP contribution in [0.2, 0.25) is 0 Å². The molecule has 0 radical (unpaired) electrons. The highest BCUT2D eigenvalue weighted by atomic mass is 79.9. The first kappa shape index (κ1) is 15.9. The van der Waals surface area contributed by atoms with Gasteiger partial charge in [-0.25, -0.2) is 0 Å². The summed E-state index contributed by atoms with van der Waals surface area (Å²) in [6.45, 7) is 7.08. The molecule has 0 unspecified atom stereocenters. The summed E-state index contributed by atoms with van der Waals surface area (Å²) < 4.78 is 6.77. The largest absolute Gasteiger partial charge is 0.492 e. The number of halogens is 1. The molecule has 1 aromatic rings. The lowest BCUT2D eigenvalue weighted by Crippen LogP contribution is -2.13. The monoisotopic (exact) mass is 331 g/mol. The van der Waals surface area contributed by atoms with Gasteiger partial charge in [0.2, 0.25) is 0 Å². The third kappa shape index (κ3) is 6.12. The fourth-order valence-corrected chi connectivity index (χ4v) is 2.57. The standard InChI is InChI=1S/C14H22BrNOS/c1-3-7-16-11-12-5-6-14(13(15)10-12)17-8-9-18-4-2/h5-6,10,16H,3-4,7-9,11H2,1-2H3. The highest BCUT2D eigenvalue weighted by molar-refractivity contribution is 9.10. The first-order valence-electron chi connectivity index (χ1n) is 6.47. The topological polar surface area (TPSA) is 21.3 Å². The van der Waals surface area contributed by atoms with Crippen LogP contribution in [0.3, 0.4) is 0 Å².